The Labute approximate surface area is 210 Å². The predicted octanol–water partition coefficient (Wildman–Crippen LogP) is 5.63. The monoisotopic (exact) mass is 470 g/mol. The van der Waals surface area contributed by atoms with E-state index in [1.54, 1.807) is 0 Å². The summed E-state index contributed by atoms with van der Waals surface area (Å²) in [5.74, 6) is 0. The van der Waals surface area contributed by atoms with Crippen LogP contribution in [0.1, 0.15) is 66.5 Å². The molecular weight excluding hydrogens is 427 g/mol. The minimum absolute atomic E-state index is 0.139. The summed E-state index contributed by atoms with van der Waals surface area (Å²) in [6, 6.07) is 27.5. The molecule has 0 aromatic heterocycles. The fourth-order valence-corrected chi connectivity index (χ4v) is 7.58. The van der Waals surface area contributed by atoms with E-state index in [0.29, 0.717) is 0 Å². The molecule has 0 spiro atoms. The van der Waals surface area contributed by atoms with Gasteiger partial charge in [-0.05, 0) is 54.1 Å². The Kier molecular flexibility index (Phi) is 7.70. The van der Waals surface area contributed by atoms with Crippen LogP contribution in [0.25, 0.3) is 0 Å². The molecule has 0 amide bonds. The molecule has 0 bridgehead atoms. The molecule has 0 saturated heterocycles. The first kappa shape index (κ1) is 26.5. The van der Waals surface area contributed by atoms with Crippen molar-refractivity contribution in [1.29, 1.82) is 0 Å². The summed E-state index contributed by atoms with van der Waals surface area (Å²) in [6.07, 6.45) is 0.213. The van der Waals surface area contributed by atoms with Crippen LogP contribution in [0.2, 0.25) is 13.1 Å². The fourth-order valence-electron chi connectivity index (χ4n) is 4.85. The predicted molar refractivity (Wildman–Crippen MR) is 155 cm³/mol. The zero-order chi connectivity index (χ0) is 25.3. The summed E-state index contributed by atoms with van der Waals surface area (Å²) in [7, 11) is -2.10. The summed E-state index contributed by atoms with van der Waals surface area (Å²) in [5.41, 5.74) is 7.04. The number of rotatable bonds is 6. The van der Waals surface area contributed by atoms with Crippen molar-refractivity contribution < 1.29 is 4.43 Å². The number of hydrogen-bond donors (Lipinski definition) is 0. The minimum Gasteiger partial charge on any atom is -0.411 e. The summed E-state index contributed by atoms with van der Waals surface area (Å²) >= 11 is 0. The van der Waals surface area contributed by atoms with Crippen LogP contribution in [0.3, 0.4) is 0 Å². The van der Waals surface area contributed by atoms with Crippen molar-refractivity contribution in [2.45, 2.75) is 85.4 Å². The van der Waals surface area contributed by atoms with Gasteiger partial charge in [0.25, 0.3) is 0 Å². The highest BCUT2D eigenvalue weighted by Gasteiger charge is 2.34. The Morgan fingerprint density at radius 3 is 1.44 bits per heavy atom. The summed E-state index contributed by atoms with van der Waals surface area (Å²) in [6.45, 7) is 22.8. The van der Waals surface area contributed by atoms with E-state index < -0.39 is 8.32 Å². The molecule has 0 atom stereocenters. The highest BCUT2D eigenvalue weighted by molar-refractivity contribution is 7.00. The molecule has 0 aliphatic rings. The SMILES string of the molecule is CC(C)O[Si](C)(C)c1ccccc1B(c1ccc(C(C)(C)C)cc1)c1ccc(C(C)(C)C)cc1. The lowest BCUT2D eigenvalue weighted by atomic mass is 9.36. The van der Waals surface area contributed by atoms with Crippen LogP contribution >= 0.6 is 0 Å². The Hall–Kier alpha value is -2.10. The average molecular weight is 471 g/mol. The molecule has 0 radical (unpaired) electrons. The van der Waals surface area contributed by atoms with Crippen LogP contribution in [0.5, 0.6) is 0 Å². The van der Waals surface area contributed by atoms with E-state index in [-0.39, 0.29) is 23.6 Å². The van der Waals surface area contributed by atoms with Crippen LogP contribution in [0.15, 0.2) is 72.8 Å². The van der Waals surface area contributed by atoms with Crippen LogP contribution in [0, 0.1) is 0 Å². The van der Waals surface area contributed by atoms with E-state index in [4.69, 9.17) is 4.43 Å². The van der Waals surface area contributed by atoms with Crippen LogP contribution in [-0.4, -0.2) is 21.1 Å². The standard InChI is InChI=1S/C31H43BOSi/c1-23(2)33-34(9,10)29-14-12-11-13-28(29)32(26-19-15-24(16-20-26)30(3,4)5)27-21-17-25(18-22-27)31(6,7)8/h11-23H,1-10H3. The normalized spacial score (nSPS) is 12.8. The molecule has 0 unspecified atom stereocenters. The zero-order valence-electron chi connectivity index (χ0n) is 23.0. The van der Waals surface area contributed by atoms with E-state index in [2.05, 4.69) is 141 Å². The number of hydrogen-bond acceptors (Lipinski definition) is 1. The van der Waals surface area contributed by atoms with Gasteiger partial charge in [-0.25, -0.2) is 0 Å². The van der Waals surface area contributed by atoms with Gasteiger partial charge in [-0.2, -0.15) is 0 Å². The van der Waals surface area contributed by atoms with Gasteiger partial charge in [0.2, 0.25) is 15.0 Å². The average Bonchev–Trinajstić information content (AvgIpc) is 2.73. The Morgan fingerprint density at radius 1 is 0.647 bits per heavy atom. The van der Waals surface area contributed by atoms with E-state index in [9.17, 15) is 0 Å². The summed E-state index contributed by atoms with van der Waals surface area (Å²) in [5, 5.41) is 1.38. The third-order valence-electron chi connectivity index (χ3n) is 6.67. The van der Waals surface area contributed by atoms with Gasteiger partial charge in [0, 0.05) is 6.10 Å². The second-order valence-corrected chi connectivity index (χ2v) is 16.2. The molecule has 0 aliphatic heterocycles. The molecule has 1 nitrogen and oxygen atoms in total. The van der Waals surface area contributed by atoms with Gasteiger partial charge in [0.1, 0.15) is 0 Å². The Balaban J connectivity index is 2.20. The maximum Gasteiger partial charge on any atom is 0.241 e. The molecule has 3 aromatic carbocycles. The van der Waals surface area contributed by atoms with Crippen LogP contribution < -0.4 is 21.6 Å². The van der Waals surface area contributed by atoms with Crippen molar-refractivity contribution in [3.05, 3.63) is 83.9 Å². The van der Waals surface area contributed by atoms with Gasteiger partial charge in [-0.1, -0.05) is 131 Å². The largest absolute Gasteiger partial charge is 0.411 e. The first-order valence-corrected chi connectivity index (χ1v) is 15.6. The molecule has 0 N–H and O–H groups in total. The Bertz CT molecular complexity index is 1030. The molecule has 0 aliphatic carbocycles. The summed E-state index contributed by atoms with van der Waals surface area (Å²) in [4.78, 5) is 0. The molecule has 0 heterocycles. The van der Waals surface area contributed by atoms with Crippen molar-refractivity contribution >= 4 is 36.6 Å². The zero-order valence-corrected chi connectivity index (χ0v) is 24.0. The van der Waals surface area contributed by atoms with E-state index in [1.165, 1.54) is 32.7 Å². The second-order valence-electron chi connectivity index (χ2n) is 12.4. The minimum atomic E-state index is -2.10. The molecule has 0 saturated carbocycles. The maximum absolute atomic E-state index is 6.55. The third kappa shape index (κ3) is 6.12. The highest BCUT2D eigenvalue weighted by Crippen LogP contribution is 2.22. The van der Waals surface area contributed by atoms with Crippen LogP contribution in [-0.2, 0) is 15.3 Å². The lowest BCUT2D eigenvalue weighted by Crippen LogP contribution is -2.63. The Morgan fingerprint density at radius 2 is 1.06 bits per heavy atom. The molecule has 34 heavy (non-hydrogen) atoms. The van der Waals surface area contributed by atoms with Crippen molar-refractivity contribution in [2.75, 3.05) is 0 Å². The van der Waals surface area contributed by atoms with Crippen molar-refractivity contribution in [3.63, 3.8) is 0 Å². The second kappa shape index (κ2) is 9.87. The van der Waals surface area contributed by atoms with Crippen LogP contribution in [0.4, 0.5) is 0 Å². The van der Waals surface area contributed by atoms with Gasteiger partial charge < -0.3 is 4.43 Å². The number of benzene rings is 3. The molecule has 0 fully saturated rings. The first-order chi connectivity index (χ1) is 15.7. The molecular formula is C31H43BOSi. The third-order valence-corrected chi connectivity index (χ3v) is 9.48. The molecule has 3 aromatic rings. The van der Waals surface area contributed by atoms with E-state index >= 15 is 0 Å². The molecule has 180 valence electrons. The van der Waals surface area contributed by atoms with E-state index in [0.717, 1.165) is 0 Å². The van der Waals surface area contributed by atoms with E-state index in [1.807, 2.05) is 0 Å². The van der Waals surface area contributed by atoms with Crippen molar-refractivity contribution in [2.24, 2.45) is 0 Å². The van der Waals surface area contributed by atoms with Crippen molar-refractivity contribution in [1.82, 2.24) is 0 Å². The highest BCUT2D eigenvalue weighted by atomic mass is 28.4. The van der Waals surface area contributed by atoms with Gasteiger partial charge in [0.15, 0.2) is 0 Å². The van der Waals surface area contributed by atoms with Gasteiger partial charge in [-0.3, -0.25) is 0 Å². The van der Waals surface area contributed by atoms with Gasteiger partial charge >= 0.3 is 0 Å². The molecule has 3 rings (SSSR count). The quantitative estimate of drug-likeness (QED) is 0.424. The topological polar surface area (TPSA) is 9.23 Å². The lowest BCUT2D eigenvalue weighted by molar-refractivity contribution is 0.238. The first-order valence-electron chi connectivity index (χ1n) is 12.7. The summed E-state index contributed by atoms with van der Waals surface area (Å²) < 4.78 is 6.55. The smallest absolute Gasteiger partial charge is 0.241 e. The van der Waals surface area contributed by atoms with Crippen molar-refractivity contribution in [3.8, 4) is 0 Å². The molecule has 3 heteroatoms. The lowest BCUT2D eigenvalue weighted by Gasteiger charge is -2.30. The van der Waals surface area contributed by atoms with Gasteiger partial charge in [0.05, 0.1) is 0 Å². The fraction of sp³-hybridized carbons (Fsp3) is 0.419. The maximum atomic E-state index is 6.55. The van der Waals surface area contributed by atoms with Gasteiger partial charge in [-0.15, -0.1) is 0 Å².